The number of nitrogens with zero attached hydrogens (tertiary/aromatic N) is 1. The summed E-state index contributed by atoms with van der Waals surface area (Å²) in [7, 11) is 0. The van der Waals surface area contributed by atoms with Gasteiger partial charge in [-0.15, -0.1) is 0 Å². The minimum atomic E-state index is -0.222. The number of halogens is 1. The zero-order chi connectivity index (χ0) is 14.5. The molecule has 102 valence electrons. The molecule has 0 aliphatic heterocycles. The standard InChI is InChI=1S/C15H14BrN3O/c1-10-8-12(16)9-18-15(10)19-14(20)7-4-11-2-5-13(17)6-3-11/h2-9H,17H2,1H3,(H,18,19,20)/b7-4+. The fourth-order valence-corrected chi connectivity index (χ4v) is 2.05. The molecule has 0 saturated heterocycles. The van der Waals surface area contributed by atoms with Crippen molar-refractivity contribution in [2.45, 2.75) is 6.92 Å². The molecule has 1 aromatic carbocycles. The first-order chi connectivity index (χ1) is 9.54. The van der Waals surface area contributed by atoms with Gasteiger partial charge in [-0.3, -0.25) is 4.79 Å². The number of pyridine rings is 1. The third kappa shape index (κ3) is 3.93. The summed E-state index contributed by atoms with van der Waals surface area (Å²) in [6, 6.07) is 9.17. The van der Waals surface area contributed by atoms with Gasteiger partial charge in [0, 0.05) is 22.4 Å². The van der Waals surface area contributed by atoms with Crippen molar-refractivity contribution in [3.63, 3.8) is 0 Å². The number of aryl methyl sites for hydroxylation is 1. The van der Waals surface area contributed by atoms with Crippen LogP contribution in [0.1, 0.15) is 11.1 Å². The molecule has 0 radical (unpaired) electrons. The van der Waals surface area contributed by atoms with Gasteiger partial charge in [0.05, 0.1) is 0 Å². The molecule has 2 aromatic rings. The maximum Gasteiger partial charge on any atom is 0.249 e. The Bertz CT molecular complexity index is 651. The van der Waals surface area contributed by atoms with Gasteiger partial charge in [-0.2, -0.15) is 0 Å². The second-order valence-electron chi connectivity index (χ2n) is 4.31. The van der Waals surface area contributed by atoms with Crippen molar-refractivity contribution >= 4 is 39.4 Å². The van der Waals surface area contributed by atoms with Gasteiger partial charge in [0.2, 0.25) is 5.91 Å². The molecule has 1 aromatic heterocycles. The maximum absolute atomic E-state index is 11.8. The first-order valence-corrected chi connectivity index (χ1v) is 6.80. The monoisotopic (exact) mass is 331 g/mol. The molecular weight excluding hydrogens is 318 g/mol. The molecular formula is C15H14BrN3O. The van der Waals surface area contributed by atoms with E-state index in [-0.39, 0.29) is 5.91 Å². The highest BCUT2D eigenvalue weighted by atomic mass is 79.9. The summed E-state index contributed by atoms with van der Waals surface area (Å²) in [5.41, 5.74) is 8.10. The number of aromatic nitrogens is 1. The van der Waals surface area contributed by atoms with Crippen molar-refractivity contribution in [1.82, 2.24) is 4.98 Å². The van der Waals surface area contributed by atoms with Gasteiger partial charge in [0.25, 0.3) is 0 Å². The molecule has 1 amide bonds. The van der Waals surface area contributed by atoms with Crippen molar-refractivity contribution in [3.8, 4) is 0 Å². The van der Waals surface area contributed by atoms with Crippen LogP contribution in [0.15, 0.2) is 47.1 Å². The van der Waals surface area contributed by atoms with Gasteiger partial charge >= 0.3 is 0 Å². The van der Waals surface area contributed by atoms with E-state index < -0.39 is 0 Å². The van der Waals surface area contributed by atoms with Gasteiger partial charge in [-0.05, 0) is 58.3 Å². The quantitative estimate of drug-likeness (QED) is 0.669. The number of nitrogens with one attached hydrogen (secondary N) is 1. The number of rotatable bonds is 3. The van der Waals surface area contributed by atoms with Crippen LogP contribution in [0.25, 0.3) is 6.08 Å². The van der Waals surface area contributed by atoms with E-state index in [2.05, 4.69) is 26.2 Å². The van der Waals surface area contributed by atoms with E-state index in [0.717, 1.165) is 15.6 Å². The number of anilines is 2. The van der Waals surface area contributed by atoms with Crippen LogP contribution in [0, 0.1) is 6.92 Å². The lowest BCUT2D eigenvalue weighted by molar-refractivity contribution is -0.111. The van der Waals surface area contributed by atoms with Crippen molar-refractivity contribution in [2.75, 3.05) is 11.1 Å². The van der Waals surface area contributed by atoms with Gasteiger partial charge in [-0.25, -0.2) is 4.98 Å². The Labute approximate surface area is 125 Å². The zero-order valence-electron chi connectivity index (χ0n) is 10.9. The number of hydrogen-bond donors (Lipinski definition) is 2. The SMILES string of the molecule is Cc1cc(Br)cnc1NC(=O)/C=C/c1ccc(N)cc1. The lowest BCUT2D eigenvalue weighted by atomic mass is 10.2. The predicted octanol–water partition coefficient (Wildman–Crippen LogP) is 3.39. The summed E-state index contributed by atoms with van der Waals surface area (Å²) >= 11 is 3.33. The molecule has 0 aliphatic carbocycles. The third-order valence-corrected chi connectivity index (χ3v) is 3.08. The Morgan fingerprint density at radius 2 is 2.05 bits per heavy atom. The number of nitrogens with two attached hydrogens (primary N) is 1. The minimum Gasteiger partial charge on any atom is -0.399 e. The molecule has 4 nitrogen and oxygen atoms in total. The summed E-state index contributed by atoms with van der Waals surface area (Å²) in [5, 5.41) is 2.74. The molecule has 0 fully saturated rings. The van der Waals surface area contributed by atoms with Crippen LogP contribution in [-0.2, 0) is 4.79 Å². The molecule has 0 bridgehead atoms. The molecule has 0 spiro atoms. The Balaban J connectivity index is 2.03. The second kappa shape index (κ2) is 6.34. The Morgan fingerprint density at radius 3 is 2.70 bits per heavy atom. The Kier molecular flexibility index (Phi) is 4.53. The van der Waals surface area contributed by atoms with Crippen molar-refractivity contribution < 1.29 is 4.79 Å². The van der Waals surface area contributed by atoms with Crippen LogP contribution in [0.5, 0.6) is 0 Å². The lowest BCUT2D eigenvalue weighted by Gasteiger charge is -2.05. The van der Waals surface area contributed by atoms with E-state index in [9.17, 15) is 4.79 Å². The van der Waals surface area contributed by atoms with Gasteiger partial charge in [0.1, 0.15) is 5.82 Å². The van der Waals surface area contributed by atoms with E-state index >= 15 is 0 Å². The highest BCUT2D eigenvalue weighted by molar-refractivity contribution is 9.10. The largest absolute Gasteiger partial charge is 0.399 e. The number of carbonyl (C=O) groups excluding carboxylic acids is 1. The van der Waals surface area contributed by atoms with Crippen LogP contribution in [0.2, 0.25) is 0 Å². The molecule has 1 heterocycles. The lowest BCUT2D eigenvalue weighted by Crippen LogP contribution is -2.10. The van der Waals surface area contributed by atoms with E-state index in [1.54, 1.807) is 24.4 Å². The van der Waals surface area contributed by atoms with E-state index in [1.807, 2.05) is 25.1 Å². The molecule has 0 unspecified atom stereocenters. The normalized spacial score (nSPS) is 10.7. The molecule has 0 saturated carbocycles. The summed E-state index contributed by atoms with van der Waals surface area (Å²) < 4.78 is 0.880. The first kappa shape index (κ1) is 14.3. The smallest absolute Gasteiger partial charge is 0.249 e. The number of amides is 1. The van der Waals surface area contributed by atoms with Crippen LogP contribution >= 0.6 is 15.9 Å². The van der Waals surface area contributed by atoms with E-state index in [1.165, 1.54) is 6.08 Å². The number of hydrogen-bond acceptors (Lipinski definition) is 3. The van der Waals surface area contributed by atoms with Gasteiger partial charge in [0.15, 0.2) is 0 Å². The summed E-state index contributed by atoms with van der Waals surface area (Å²) in [6.07, 6.45) is 4.84. The van der Waals surface area contributed by atoms with E-state index in [4.69, 9.17) is 5.73 Å². The fourth-order valence-electron chi connectivity index (χ4n) is 1.61. The molecule has 0 atom stereocenters. The second-order valence-corrected chi connectivity index (χ2v) is 5.22. The average Bonchev–Trinajstić information content (AvgIpc) is 2.41. The predicted molar refractivity (Wildman–Crippen MR) is 85.2 cm³/mol. The third-order valence-electron chi connectivity index (χ3n) is 2.65. The van der Waals surface area contributed by atoms with Gasteiger partial charge in [-0.1, -0.05) is 12.1 Å². The van der Waals surface area contributed by atoms with Crippen molar-refractivity contribution in [1.29, 1.82) is 0 Å². The zero-order valence-corrected chi connectivity index (χ0v) is 12.5. The Hall–Kier alpha value is -2.14. The summed E-state index contributed by atoms with van der Waals surface area (Å²) in [4.78, 5) is 16.0. The van der Waals surface area contributed by atoms with Crippen LogP contribution in [-0.4, -0.2) is 10.9 Å². The first-order valence-electron chi connectivity index (χ1n) is 6.01. The number of carbonyl (C=O) groups is 1. The van der Waals surface area contributed by atoms with Crippen molar-refractivity contribution in [3.05, 3.63) is 58.2 Å². The highest BCUT2D eigenvalue weighted by Crippen LogP contribution is 2.16. The average molecular weight is 332 g/mol. The summed E-state index contributed by atoms with van der Waals surface area (Å²) in [6.45, 7) is 1.89. The molecule has 2 rings (SSSR count). The highest BCUT2D eigenvalue weighted by Gasteiger charge is 2.03. The molecule has 0 aliphatic rings. The number of nitrogen functional groups attached to an aromatic ring is 1. The van der Waals surface area contributed by atoms with Crippen LogP contribution < -0.4 is 11.1 Å². The van der Waals surface area contributed by atoms with Crippen molar-refractivity contribution in [2.24, 2.45) is 0 Å². The molecule has 20 heavy (non-hydrogen) atoms. The van der Waals surface area contributed by atoms with E-state index in [0.29, 0.717) is 11.5 Å². The van der Waals surface area contributed by atoms with Gasteiger partial charge < -0.3 is 11.1 Å². The van der Waals surface area contributed by atoms with Crippen LogP contribution in [0.4, 0.5) is 11.5 Å². The Morgan fingerprint density at radius 1 is 1.35 bits per heavy atom. The van der Waals surface area contributed by atoms with Crippen LogP contribution in [0.3, 0.4) is 0 Å². The number of benzene rings is 1. The minimum absolute atomic E-state index is 0.222. The fraction of sp³-hybridized carbons (Fsp3) is 0.0667. The summed E-state index contributed by atoms with van der Waals surface area (Å²) in [5.74, 6) is 0.333. The molecule has 5 heteroatoms. The maximum atomic E-state index is 11.8. The molecule has 3 N–H and O–H groups in total. The topological polar surface area (TPSA) is 68.0 Å².